The Kier molecular flexibility index (Phi) is 8.76. The maximum absolute atomic E-state index is 9.10. The Morgan fingerprint density at radius 3 is 2.22 bits per heavy atom. The summed E-state index contributed by atoms with van der Waals surface area (Å²) in [7, 11) is 0. The van der Waals surface area contributed by atoms with Crippen molar-refractivity contribution in [3.63, 3.8) is 0 Å². The first-order valence-electron chi connectivity index (χ1n) is 11.0. The molecular formula is C24H30ClN3O4. The van der Waals surface area contributed by atoms with Gasteiger partial charge in [0.15, 0.2) is 0 Å². The van der Waals surface area contributed by atoms with Crippen molar-refractivity contribution in [3.8, 4) is 0 Å². The highest BCUT2D eigenvalue weighted by molar-refractivity contribution is 6.30. The number of unbranched alkanes of at least 4 members (excludes halogenated alkanes) is 1. The van der Waals surface area contributed by atoms with Crippen molar-refractivity contribution in [2.45, 2.75) is 19.3 Å². The molecule has 0 aliphatic carbocycles. The van der Waals surface area contributed by atoms with Gasteiger partial charge in [-0.15, -0.1) is 0 Å². The first kappa shape index (κ1) is 23.9. The van der Waals surface area contributed by atoms with Crippen LogP contribution in [0, 0.1) is 0 Å². The maximum atomic E-state index is 9.10. The number of carboxylic acids is 2. The van der Waals surface area contributed by atoms with E-state index in [9.17, 15) is 0 Å². The maximum Gasteiger partial charge on any atom is 0.414 e. The summed E-state index contributed by atoms with van der Waals surface area (Å²) in [5.41, 5.74) is 4.23. The van der Waals surface area contributed by atoms with Crippen molar-refractivity contribution < 1.29 is 19.8 Å². The third-order valence-electron chi connectivity index (χ3n) is 5.86. The Hall–Kier alpha value is -2.77. The number of carbonyl (C=O) groups is 2. The van der Waals surface area contributed by atoms with Gasteiger partial charge in [-0.1, -0.05) is 35.9 Å². The van der Waals surface area contributed by atoms with Crippen molar-refractivity contribution in [1.82, 2.24) is 4.90 Å². The molecule has 0 amide bonds. The number of piperazine rings is 1. The molecule has 7 nitrogen and oxygen atoms in total. The molecule has 4 rings (SSSR count). The Morgan fingerprint density at radius 1 is 0.844 bits per heavy atom. The van der Waals surface area contributed by atoms with Gasteiger partial charge in [0.25, 0.3) is 0 Å². The van der Waals surface area contributed by atoms with Crippen LogP contribution in [-0.2, 0) is 16.0 Å². The van der Waals surface area contributed by atoms with Gasteiger partial charge in [0.2, 0.25) is 0 Å². The molecule has 0 spiro atoms. The number of halogens is 1. The Labute approximate surface area is 193 Å². The van der Waals surface area contributed by atoms with Crippen molar-refractivity contribution >= 4 is 34.9 Å². The van der Waals surface area contributed by atoms with Gasteiger partial charge < -0.3 is 20.0 Å². The minimum absolute atomic E-state index is 0.827. The summed E-state index contributed by atoms with van der Waals surface area (Å²) in [6, 6.07) is 17.1. The Morgan fingerprint density at radius 2 is 1.53 bits per heavy atom. The number of fused-ring (bicyclic) bond motifs is 1. The highest BCUT2D eigenvalue weighted by Gasteiger charge is 2.19. The molecule has 32 heavy (non-hydrogen) atoms. The molecule has 0 saturated carbocycles. The minimum Gasteiger partial charge on any atom is -0.473 e. The zero-order valence-electron chi connectivity index (χ0n) is 18.1. The van der Waals surface area contributed by atoms with Crippen molar-refractivity contribution in [2.24, 2.45) is 0 Å². The standard InChI is InChI=1S/C22H28ClN3.C2H2O4/c23-20-7-5-8-21(18-20)25-16-14-24(15-17-25)11-3-4-12-26-13-10-19-6-1-2-9-22(19)26;3-1(4)2(5)6/h1-2,5-9,18H,3-4,10-17H2;(H,3,4)(H,5,6). The molecule has 2 aliphatic heterocycles. The lowest BCUT2D eigenvalue weighted by Crippen LogP contribution is -2.46. The fraction of sp³-hybridized carbons (Fsp3) is 0.417. The highest BCUT2D eigenvalue weighted by Crippen LogP contribution is 2.27. The van der Waals surface area contributed by atoms with Gasteiger partial charge in [0.1, 0.15) is 0 Å². The van der Waals surface area contributed by atoms with Crippen molar-refractivity contribution in [2.75, 3.05) is 55.6 Å². The van der Waals surface area contributed by atoms with Crippen LogP contribution in [0.15, 0.2) is 48.5 Å². The molecular weight excluding hydrogens is 430 g/mol. The van der Waals surface area contributed by atoms with Gasteiger partial charge in [-0.3, -0.25) is 4.90 Å². The number of nitrogens with zero attached hydrogens (tertiary/aromatic N) is 3. The lowest BCUT2D eigenvalue weighted by Gasteiger charge is -2.36. The van der Waals surface area contributed by atoms with Crippen LogP contribution >= 0.6 is 11.6 Å². The summed E-state index contributed by atoms with van der Waals surface area (Å²) in [6.07, 6.45) is 3.78. The van der Waals surface area contributed by atoms with Gasteiger partial charge in [-0.05, 0) is 55.6 Å². The molecule has 2 aromatic carbocycles. The molecule has 0 atom stereocenters. The van der Waals surface area contributed by atoms with Gasteiger partial charge in [0.05, 0.1) is 0 Å². The number of hydrogen-bond acceptors (Lipinski definition) is 5. The average molecular weight is 460 g/mol. The second kappa shape index (κ2) is 11.7. The molecule has 0 radical (unpaired) electrons. The van der Waals surface area contributed by atoms with E-state index in [4.69, 9.17) is 31.4 Å². The van der Waals surface area contributed by atoms with E-state index in [2.05, 4.69) is 51.1 Å². The van der Waals surface area contributed by atoms with Crippen LogP contribution in [0.1, 0.15) is 18.4 Å². The SMILES string of the molecule is Clc1cccc(N2CCN(CCCCN3CCc4ccccc43)CC2)c1.O=C(O)C(=O)O. The Balaban J connectivity index is 0.000000427. The fourth-order valence-corrected chi connectivity index (χ4v) is 4.36. The van der Waals surface area contributed by atoms with Gasteiger partial charge >= 0.3 is 11.9 Å². The first-order valence-corrected chi connectivity index (χ1v) is 11.3. The second-order valence-corrected chi connectivity index (χ2v) is 8.43. The number of anilines is 2. The first-order chi connectivity index (χ1) is 15.4. The van der Waals surface area contributed by atoms with E-state index < -0.39 is 11.9 Å². The van der Waals surface area contributed by atoms with E-state index in [-0.39, 0.29) is 0 Å². The summed E-state index contributed by atoms with van der Waals surface area (Å²) in [5, 5.41) is 15.6. The molecule has 2 N–H and O–H groups in total. The number of hydrogen-bond donors (Lipinski definition) is 2. The van der Waals surface area contributed by atoms with Crippen LogP contribution < -0.4 is 9.80 Å². The van der Waals surface area contributed by atoms with E-state index in [0.717, 1.165) is 31.2 Å². The monoisotopic (exact) mass is 459 g/mol. The fourth-order valence-electron chi connectivity index (χ4n) is 4.18. The summed E-state index contributed by atoms with van der Waals surface area (Å²) in [6.45, 7) is 8.10. The second-order valence-electron chi connectivity index (χ2n) is 7.99. The number of benzene rings is 2. The molecule has 0 unspecified atom stereocenters. The summed E-state index contributed by atoms with van der Waals surface area (Å²) in [5.74, 6) is -3.65. The average Bonchev–Trinajstić information content (AvgIpc) is 3.21. The van der Waals surface area contributed by atoms with Crippen LogP contribution in [-0.4, -0.2) is 72.9 Å². The Bertz CT molecular complexity index is 904. The van der Waals surface area contributed by atoms with Gasteiger partial charge in [-0.25, -0.2) is 9.59 Å². The quantitative estimate of drug-likeness (QED) is 0.505. The largest absolute Gasteiger partial charge is 0.473 e. The molecule has 8 heteroatoms. The number of para-hydroxylation sites is 1. The van der Waals surface area contributed by atoms with E-state index in [0.29, 0.717) is 0 Å². The third kappa shape index (κ3) is 6.87. The predicted molar refractivity (Wildman–Crippen MR) is 127 cm³/mol. The number of rotatable bonds is 6. The molecule has 0 aromatic heterocycles. The van der Waals surface area contributed by atoms with Crippen LogP contribution in [0.4, 0.5) is 11.4 Å². The van der Waals surface area contributed by atoms with Crippen molar-refractivity contribution in [3.05, 3.63) is 59.1 Å². The lowest BCUT2D eigenvalue weighted by atomic mass is 10.2. The van der Waals surface area contributed by atoms with E-state index in [1.165, 1.54) is 55.8 Å². The van der Waals surface area contributed by atoms with E-state index in [1.54, 1.807) is 0 Å². The molecule has 2 aromatic rings. The van der Waals surface area contributed by atoms with Crippen LogP contribution in [0.25, 0.3) is 0 Å². The molecule has 172 valence electrons. The van der Waals surface area contributed by atoms with E-state index in [1.807, 2.05) is 12.1 Å². The zero-order chi connectivity index (χ0) is 22.9. The smallest absolute Gasteiger partial charge is 0.414 e. The molecule has 1 saturated heterocycles. The molecule has 1 fully saturated rings. The third-order valence-corrected chi connectivity index (χ3v) is 6.10. The normalized spacial score (nSPS) is 15.7. The highest BCUT2D eigenvalue weighted by atomic mass is 35.5. The summed E-state index contributed by atoms with van der Waals surface area (Å²) < 4.78 is 0. The van der Waals surface area contributed by atoms with Gasteiger partial charge in [0, 0.05) is 55.7 Å². The van der Waals surface area contributed by atoms with Crippen LogP contribution in [0.5, 0.6) is 0 Å². The molecule has 2 heterocycles. The van der Waals surface area contributed by atoms with Crippen molar-refractivity contribution in [1.29, 1.82) is 0 Å². The van der Waals surface area contributed by atoms with Crippen LogP contribution in [0.3, 0.4) is 0 Å². The molecule has 2 aliphatic rings. The lowest BCUT2D eigenvalue weighted by molar-refractivity contribution is -0.159. The van der Waals surface area contributed by atoms with Crippen LogP contribution in [0.2, 0.25) is 5.02 Å². The number of carboxylic acid groups (broad SMARTS) is 2. The molecule has 0 bridgehead atoms. The zero-order valence-corrected chi connectivity index (χ0v) is 18.9. The summed E-state index contributed by atoms with van der Waals surface area (Å²) >= 11 is 6.12. The minimum atomic E-state index is -1.82. The predicted octanol–water partition coefficient (Wildman–Crippen LogP) is 3.46. The van der Waals surface area contributed by atoms with E-state index >= 15 is 0 Å². The number of aliphatic carboxylic acids is 2. The summed E-state index contributed by atoms with van der Waals surface area (Å²) in [4.78, 5) is 25.8. The topological polar surface area (TPSA) is 84.3 Å². The van der Waals surface area contributed by atoms with Gasteiger partial charge in [-0.2, -0.15) is 0 Å².